The van der Waals surface area contributed by atoms with E-state index in [9.17, 15) is 9.59 Å². The van der Waals surface area contributed by atoms with Gasteiger partial charge in [-0.15, -0.1) is 0 Å². The summed E-state index contributed by atoms with van der Waals surface area (Å²) in [4.78, 5) is 23.0. The summed E-state index contributed by atoms with van der Waals surface area (Å²) in [5, 5.41) is 6.77. The van der Waals surface area contributed by atoms with E-state index in [-0.39, 0.29) is 28.9 Å². The second kappa shape index (κ2) is 7.92. The average Bonchev–Trinajstić information content (AvgIpc) is 2.33. The van der Waals surface area contributed by atoms with Crippen molar-refractivity contribution in [2.45, 2.75) is 89.8 Å². The molecule has 0 aliphatic carbocycles. The first kappa shape index (κ1) is 18.9. The van der Waals surface area contributed by atoms with Crippen LogP contribution in [0.2, 0.25) is 0 Å². The second-order valence-electron chi connectivity index (χ2n) is 7.69. The molecule has 0 spiro atoms. The molecule has 1 heterocycles. The van der Waals surface area contributed by atoms with Gasteiger partial charge in [-0.3, -0.25) is 15.0 Å². The van der Waals surface area contributed by atoms with Crippen molar-refractivity contribution in [3.63, 3.8) is 0 Å². The molecule has 6 nitrogen and oxygen atoms in total. The Labute approximate surface area is 133 Å². The van der Waals surface area contributed by atoms with E-state index in [2.05, 4.69) is 43.8 Å². The number of hydrogen-bond acceptors (Lipinski definition) is 4. The molecule has 22 heavy (non-hydrogen) atoms. The van der Waals surface area contributed by atoms with Crippen molar-refractivity contribution in [3.8, 4) is 0 Å². The fourth-order valence-corrected chi connectivity index (χ4v) is 3.54. The molecule has 0 aromatic carbocycles. The Balaban J connectivity index is 2.26. The molecule has 6 heteroatoms. The lowest BCUT2D eigenvalue weighted by molar-refractivity contribution is -0.122. The Morgan fingerprint density at radius 2 is 1.50 bits per heavy atom. The molecule has 1 fully saturated rings. The average molecular weight is 312 g/mol. The highest BCUT2D eigenvalue weighted by atomic mass is 16.2. The molecule has 0 bridgehead atoms. The number of hydrogen-bond donors (Lipinski definition) is 4. The first-order valence-electron chi connectivity index (χ1n) is 8.22. The minimum Gasteiger partial charge on any atom is -0.353 e. The molecule has 128 valence electrons. The van der Waals surface area contributed by atoms with Gasteiger partial charge in [0.25, 0.3) is 0 Å². The molecular formula is C16H32N4O2. The quantitative estimate of drug-likeness (QED) is 0.247. The molecule has 0 aromatic rings. The molecule has 0 saturated carbocycles. The number of unbranched alkanes of at least 4 members (excludes halogenated alkanes) is 2. The van der Waals surface area contributed by atoms with Crippen LogP contribution in [0.4, 0.5) is 0 Å². The minimum absolute atomic E-state index is 0.0370. The van der Waals surface area contributed by atoms with Gasteiger partial charge in [0.05, 0.1) is 0 Å². The third-order valence-corrected chi connectivity index (χ3v) is 4.02. The molecule has 0 radical (unpaired) electrons. The zero-order chi connectivity index (χ0) is 16.8. The summed E-state index contributed by atoms with van der Waals surface area (Å²) in [5.41, 5.74) is 2.18. The Morgan fingerprint density at radius 3 is 2.00 bits per heavy atom. The smallest absolute Gasteiger partial charge is 0.233 e. The standard InChI is InChI=1S/C16H32N4O2/c1-15(2)10-12(11-16(3,4)20-15)18-13(21)8-6-5-7-9-14(22)19-17/h12,20H,5-11,17H2,1-4H3,(H,18,21)(H,19,22). The van der Waals surface area contributed by atoms with E-state index < -0.39 is 0 Å². The fraction of sp³-hybridized carbons (Fsp3) is 0.875. The van der Waals surface area contributed by atoms with Gasteiger partial charge < -0.3 is 10.6 Å². The van der Waals surface area contributed by atoms with Crippen molar-refractivity contribution in [1.29, 1.82) is 0 Å². The molecule has 1 aliphatic heterocycles. The maximum atomic E-state index is 12.1. The summed E-state index contributed by atoms with van der Waals surface area (Å²) in [6.07, 6.45) is 5.27. The molecule has 1 rings (SSSR count). The van der Waals surface area contributed by atoms with Gasteiger partial charge in [-0.2, -0.15) is 0 Å². The van der Waals surface area contributed by atoms with E-state index in [4.69, 9.17) is 5.84 Å². The number of hydrazine groups is 1. The summed E-state index contributed by atoms with van der Waals surface area (Å²) >= 11 is 0. The Bertz CT molecular complexity index is 378. The van der Waals surface area contributed by atoms with Crippen molar-refractivity contribution in [2.75, 3.05) is 0 Å². The van der Waals surface area contributed by atoms with Crippen LogP contribution in [0.25, 0.3) is 0 Å². The first-order valence-corrected chi connectivity index (χ1v) is 8.22. The molecule has 5 N–H and O–H groups in total. The van der Waals surface area contributed by atoms with Crippen LogP contribution in [-0.4, -0.2) is 28.9 Å². The predicted octanol–water partition coefficient (Wildman–Crippen LogP) is 1.35. The topological polar surface area (TPSA) is 96.2 Å². The number of carbonyl (C=O) groups excluding carboxylic acids is 2. The highest BCUT2D eigenvalue weighted by Gasteiger charge is 2.37. The van der Waals surface area contributed by atoms with Crippen LogP contribution >= 0.6 is 0 Å². The molecule has 0 aromatic heterocycles. The van der Waals surface area contributed by atoms with Crippen LogP contribution in [0.5, 0.6) is 0 Å². The Hall–Kier alpha value is -1.14. The van der Waals surface area contributed by atoms with E-state index in [0.717, 1.165) is 32.1 Å². The second-order valence-corrected chi connectivity index (χ2v) is 7.69. The Morgan fingerprint density at radius 1 is 1.00 bits per heavy atom. The van der Waals surface area contributed by atoms with Crippen LogP contribution < -0.4 is 21.9 Å². The van der Waals surface area contributed by atoms with Gasteiger partial charge in [-0.25, -0.2) is 5.84 Å². The van der Waals surface area contributed by atoms with Gasteiger partial charge in [-0.1, -0.05) is 6.42 Å². The monoisotopic (exact) mass is 312 g/mol. The van der Waals surface area contributed by atoms with Gasteiger partial charge in [-0.05, 0) is 53.4 Å². The van der Waals surface area contributed by atoms with Gasteiger partial charge in [0.1, 0.15) is 0 Å². The SMILES string of the molecule is CC1(C)CC(NC(=O)CCCCCC(=O)NN)CC(C)(C)N1. The molecule has 1 aliphatic rings. The maximum absolute atomic E-state index is 12.1. The molecular weight excluding hydrogens is 280 g/mol. The normalized spacial score (nSPS) is 20.4. The molecule has 0 unspecified atom stereocenters. The summed E-state index contributed by atoms with van der Waals surface area (Å²) in [6.45, 7) is 8.70. The maximum Gasteiger partial charge on any atom is 0.233 e. The van der Waals surface area contributed by atoms with Crippen molar-refractivity contribution in [2.24, 2.45) is 5.84 Å². The van der Waals surface area contributed by atoms with Crippen molar-refractivity contribution < 1.29 is 9.59 Å². The van der Waals surface area contributed by atoms with Crippen molar-refractivity contribution in [1.82, 2.24) is 16.1 Å². The van der Waals surface area contributed by atoms with Crippen LogP contribution in [0.15, 0.2) is 0 Å². The van der Waals surface area contributed by atoms with E-state index in [0.29, 0.717) is 12.8 Å². The van der Waals surface area contributed by atoms with Gasteiger partial charge in [0.15, 0.2) is 0 Å². The summed E-state index contributed by atoms with van der Waals surface area (Å²) in [6, 6.07) is 0.224. The van der Waals surface area contributed by atoms with Gasteiger partial charge in [0.2, 0.25) is 11.8 Å². The summed E-state index contributed by atoms with van der Waals surface area (Å²) in [5.74, 6) is 4.98. The lowest BCUT2D eigenvalue weighted by Gasteiger charge is -2.46. The summed E-state index contributed by atoms with van der Waals surface area (Å²) < 4.78 is 0. The predicted molar refractivity (Wildman–Crippen MR) is 87.9 cm³/mol. The van der Waals surface area contributed by atoms with Crippen molar-refractivity contribution >= 4 is 11.8 Å². The van der Waals surface area contributed by atoms with Gasteiger partial charge >= 0.3 is 0 Å². The van der Waals surface area contributed by atoms with E-state index in [1.807, 2.05) is 0 Å². The number of rotatable bonds is 7. The minimum atomic E-state index is -0.149. The van der Waals surface area contributed by atoms with E-state index in [1.54, 1.807) is 0 Å². The third-order valence-electron chi connectivity index (χ3n) is 4.02. The van der Waals surface area contributed by atoms with Gasteiger partial charge in [0, 0.05) is 30.0 Å². The third kappa shape index (κ3) is 7.22. The molecule has 2 amide bonds. The zero-order valence-corrected chi connectivity index (χ0v) is 14.4. The number of carbonyl (C=O) groups is 2. The Kier molecular flexibility index (Phi) is 6.81. The van der Waals surface area contributed by atoms with Crippen LogP contribution in [0.1, 0.15) is 72.6 Å². The lowest BCUT2D eigenvalue weighted by Crippen LogP contribution is -2.62. The van der Waals surface area contributed by atoms with E-state index >= 15 is 0 Å². The highest BCUT2D eigenvalue weighted by molar-refractivity contribution is 5.76. The molecule has 0 atom stereocenters. The van der Waals surface area contributed by atoms with Crippen LogP contribution in [0, 0.1) is 0 Å². The number of amides is 2. The zero-order valence-electron chi connectivity index (χ0n) is 14.4. The number of nitrogens with one attached hydrogen (secondary N) is 3. The number of piperidine rings is 1. The van der Waals surface area contributed by atoms with Crippen LogP contribution in [0.3, 0.4) is 0 Å². The number of nitrogens with two attached hydrogens (primary N) is 1. The molecule has 1 saturated heterocycles. The van der Waals surface area contributed by atoms with E-state index in [1.165, 1.54) is 0 Å². The first-order chi connectivity index (χ1) is 10.1. The lowest BCUT2D eigenvalue weighted by atomic mass is 9.79. The fourth-order valence-electron chi connectivity index (χ4n) is 3.54. The largest absolute Gasteiger partial charge is 0.353 e. The summed E-state index contributed by atoms with van der Waals surface area (Å²) in [7, 11) is 0. The highest BCUT2D eigenvalue weighted by Crippen LogP contribution is 2.28. The van der Waals surface area contributed by atoms with Crippen LogP contribution in [-0.2, 0) is 9.59 Å². The van der Waals surface area contributed by atoms with Crippen molar-refractivity contribution in [3.05, 3.63) is 0 Å².